The van der Waals surface area contributed by atoms with Crippen LogP contribution in [0.2, 0.25) is 5.02 Å². The number of aryl methyl sites for hydroxylation is 1. The van der Waals surface area contributed by atoms with Gasteiger partial charge in [0.15, 0.2) is 5.13 Å². The molecule has 1 aliphatic rings. The average Bonchev–Trinajstić information content (AvgIpc) is 3.54. The Morgan fingerprint density at radius 1 is 1.21 bits per heavy atom. The Morgan fingerprint density at radius 2 is 2.06 bits per heavy atom. The number of ether oxygens (including phenoxy) is 1. The van der Waals surface area contributed by atoms with Crippen LogP contribution in [0.3, 0.4) is 0 Å². The minimum atomic E-state index is -0.319. The topological polar surface area (TPSA) is 101 Å². The maximum absolute atomic E-state index is 12.7. The molecule has 1 aliphatic heterocycles. The predicted octanol–water partition coefficient (Wildman–Crippen LogP) is 3.56. The first kappa shape index (κ1) is 22.6. The van der Waals surface area contributed by atoms with Crippen molar-refractivity contribution in [3.05, 3.63) is 47.0 Å². The van der Waals surface area contributed by atoms with Crippen LogP contribution in [0.5, 0.6) is 0 Å². The number of methoxy groups -OCH3 is 1. The van der Waals surface area contributed by atoms with E-state index in [4.69, 9.17) is 16.3 Å². The third-order valence-corrected chi connectivity index (χ3v) is 7.11. The smallest absolute Gasteiger partial charge is 0.251 e. The average molecular weight is 499 g/mol. The molecule has 34 heavy (non-hydrogen) atoms. The quantitative estimate of drug-likeness (QED) is 0.421. The number of rotatable bonds is 6. The van der Waals surface area contributed by atoms with Gasteiger partial charge in [0.05, 0.1) is 33.9 Å². The number of imidazole rings is 1. The summed E-state index contributed by atoms with van der Waals surface area (Å²) in [6.45, 7) is 1.15. The molecule has 2 aromatic heterocycles. The molecular weight excluding hydrogens is 476 g/mol. The van der Waals surface area contributed by atoms with Crippen LogP contribution < -0.4 is 10.6 Å². The Balaban J connectivity index is 1.28. The van der Waals surface area contributed by atoms with Gasteiger partial charge in [-0.2, -0.15) is 0 Å². The molecular formula is C23H23ClN6O3S. The highest BCUT2D eigenvalue weighted by molar-refractivity contribution is 7.22. The van der Waals surface area contributed by atoms with Crippen LogP contribution in [0.4, 0.5) is 11.1 Å². The molecule has 5 rings (SSSR count). The van der Waals surface area contributed by atoms with Gasteiger partial charge in [-0.3, -0.25) is 9.59 Å². The second kappa shape index (κ2) is 9.21. The third kappa shape index (κ3) is 4.44. The zero-order valence-corrected chi connectivity index (χ0v) is 20.2. The molecule has 1 fully saturated rings. The number of halogens is 1. The summed E-state index contributed by atoms with van der Waals surface area (Å²) in [4.78, 5) is 36.0. The SMILES string of the molecule is CO[C@@H]1CCN(C(=O)CNC(=O)c2ccc3c(c2)nc(Nc2nc4ccc(Cl)cc4s2)n3C)C1. The van der Waals surface area contributed by atoms with E-state index in [0.29, 0.717) is 40.3 Å². The maximum Gasteiger partial charge on any atom is 0.251 e. The van der Waals surface area contributed by atoms with Gasteiger partial charge in [-0.05, 0) is 42.8 Å². The Morgan fingerprint density at radius 3 is 2.85 bits per heavy atom. The lowest BCUT2D eigenvalue weighted by atomic mass is 10.2. The molecule has 3 heterocycles. The van der Waals surface area contributed by atoms with E-state index in [9.17, 15) is 9.59 Å². The Labute approximate surface area is 204 Å². The highest BCUT2D eigenvalue weighted by Gasteiger charge is 2.26. The number of fused-ring (bicyclic) bond motifs is 2. The first-order chi connectivity index (χ1) is 16.4. The number of thiazole rings is 1. The van der Waals surface area contributed by atoms with Crippen molar-refractivity contribution in [3.8, 4) is 0 Å². The zero-order chi connectivity index (χ0) is 23.8. The fourth-order valence-electron chi connectivity index (χ4n) is 4.02. The minimum Gasteiger partial charge on any atom is -0.380 e. The second-order valence-electron chi connectivity index (χ2n) is 8.12. The van der Waals surface area contributed by atoms with Crippen molar-refractivity contribution in [2.45, 2.75) is 12.5 Å². The predicted molar refractivity (Wildman–Crippen MR) is 133 cm³/mol. The molecule has 2 aromatic carbocycles. The number of aromatic nitrogens is 3. The largest absolute Gasteiger partial charge is 0.380 e. The molecule has 11 heteroatoms. The number of amides is 2. The van der Waals surface area contributed by atoms with Crippen LogP contribution >= 0.6 is 22.9 Å². The van der Waals surface area contributed by atoms with E-state index in [2.05, 4.69) is 20.6 Å². The summed E-state index contributed by atoms with van der Waals surface area (Å²) in [5.74, 6) is 0.172. The first-order valence-corrected chi connectivity index (χ1v) is 12.0. The molecule has 0 unspecified atom stereocenters. The fraction of sp³-hybridized carbons (Fsp3) is 0.304. The van der Waals surface area contributed by atoms with Crippen molar-refractivity contribution >= 4 is 67.1 Å². The van der Waals surface area contributed by atoms with Crippen molar-refractivity contribution in [1.29, 1.82) is 0 Å². The summed E-state index contributed by atoms with van der Waals surface area (Å²) in [6.07, 6.45) is 0.878. The molecule has 176 valence electrons. The fourth-order valence-corrected chi connectivity index (χ4v) is 5.15. The maximum atomic E-state index is 12.7. The molecule has 1 atom stereocenters. The third-order valence-electron chi connectivity index (χ3n) is 5.94. The molecule has 0 saturated carbocycles. The Bertz CT molecular complexity index is 1400. The number of carbonyl (C=O) groups is 2. The van der Waals surface area contributed by atoms with E-state index in [1.54, 1.807) is 24.1 Å². The van der Waals surface area contributed by atoms with Gasteiger partial charge in [-0.1, -0.05) is 22.9 Å². The van der Waals surface area contributed by atoms with Gasteiger partial charge in [-0.25, -0.2) is 9.97 Å². The van der Waals surface area contributed by atoms with Gasteiger partial charge in [0.25, 0.3) is 5.91 Å². The molecule has 1 saturated heterocycles. The lowest BCUT2D eigenvalue weighted by Gasteiger charge is -2.16. The van der Waals surface area contributed by atoms with Crippen LogP contribution in [-0.2, 0) is 16.6 Å². The van der Waals surface area contributed by atoms with Crippen molar-refractivity contribution in [2.75, 3.05) is 32.1 Å². The number of nitrogens with zero attached hydrogens (tertiary/aromatic N) is 4. The van der Waals surface area contributed by atoms with Gasteiger partial charge in [0, 0.05) is 37.8 Å². The van der Waals surface area contributed by atoms with Crippen molar-refractivity contribution in [3.63, 3.8) is 0 Å². The minimum absolute atomic E-state index is 0.0516. The van der Waals surface area contributed by atoms with E-state index >= 15 is 0 Å². The summed E-state index contributed by atoms with van der Waals surface area (Å²) < 4.78 is 8.17. The van der Waals surface area contributed by atoms with Gasteiger partial charge >= 0.3 is 0 Å². The van der Waals surface area contributed by atoms with Crippen molar-refractivity contribution in [1.82, 2.24) is 24.8 Å². The van der Waals surface area contributed by atoms with Crippen LogP contribution in [0.15, 0.2) is 36.4 Å². The molecule has 0 radical (unpaired) electrons. The lowest BCUT2D eigenvalue weighted by molar-refractivity contribution is -0.129. The lowest BCUT2D eigenvalue weighted by Crippen LogP contribution is -2.39. The van der Waals surface area contributed by atoms with Gasteiger partial charge in [0.1, 0.15) is 0 Å². The Kier molecular flexibility index (Phi) is 6.11. The monoisotopic (exact) mass is 498 g/mol. The van der Waals surface area contributed by atoms with E-state index in [1.165, 1.54) is 11.3 Å². The number of carbonyl (C=O) groups excluding carboxylic acids is 2. The number of anilines is 2. The Hall–Kier alpha value is -3.21. The number of nitrogens with one attached hydrogen (secondary N) is 2. The molecule has 0 bridgehead atoms. The van der Waals surface area contributed by atoms with Crippen molar-refractivity contribution in [2.24, 2.45) is 7.05 Å². The van der Waals surface area contributed by atoms with Crippen molar-refractivity contribution < 1.29 is 14.3 Å². The summed E-state index contributed by atoms with van der Waals surface area (Å²) in [7, 11) is 3.54. The van der Waals surface area contributed by atoms with E-state index in [1.807, 2.05) is 35.9 Å². The van der Waals surface area contributed by atoms with E-state index in [-0.39, 0.29) is 24.5 Å². The van der Waals surface area contributed by atoms with E-state index in [0.717, 1.165) is 22.2 Å². The highest BCUT2D eigenvalue weighted by Crippen LogP contribution is 2.31. The van der Waals surface area contributed by atoms with Crippen LogP contribution in [0.25, 0.3) is 21.3 Å². The van der Waals surface area contributed by atoms with Crippen LogP contribution in [0.1, 0.15) is 16.8 Å². The molecule has 2 N–H and O–H groups in total. The second-order valence-corrected chi connectivity index (χ2v) is 9.59. The number of benzene rings is 2. The molecule has 2 amide bonds. The van der Waals surface area contributed by atoms with E-state index < -0.39 is 0 Å². The summed E-state index contributed by atoms with van der Waals surface area (Å²) in [5, 5.41) is 7.33. The highest BCUT2D eigenvalue weighted by atomic mass is 35.5. The molecule has 0 spiro atoms. The summed E-state index contributed by atoms with van der Waals surface area (Å²) >= 11 is 7.56. The summed E-state index contributed by atoms with van der Waals surface area (Å²) in [6, 6.07) is 10.9. The van der Waals surface area contributed by atoms with Gasteiger partial charge < -0.3 is 24.8 Å². The molecule has 0 aliphatic carbocycles. The van der Waals surface area contributed by atoms with Gasteiger partial charge in [-0.15, -0.1) is 0 Å². The molecule has 4 aromatic rings. The first-order valence-electron chi connectivity index (χ1n) is 10.8. The number of hydrogen-bond acceptors (Lipinski definition) is 7. The molecule has 9 nitrogen and oxygen atoms in total. The summed E-state index contributed by atoms with van der Waals surface area (Å²) in [5.41, 5.74) is 2.82. The van der Waals surface area contributed by atoms with Crippen LogP contribution in [0, 0.1) is 0 Å². The zero-order valence-electron chi connectivity index (χ0n) is 18.7. The van der Waals surface area contributed by atoms with Crippen LogP contribution in [-0.4, -0.2) is 64.1 Å². The number of hydrogen-bond donors (Lipinski definition) is 2. The number of likely N-dealkylation sites (tertiary alicyclic amines) is 1. The standard InChI is InChI=1S/C23H23ClN6O3S/c1-29-18-6-3-13(21(32)25-11-20(31)30-8-7-15(12-30)33-2)9-17(18)26-22(29)28-23-27-16-5-4-14(24)10-19(16)34-23/h3-6,9-10,15H,7-8,11-12H2,1-2H3,(H,25,32)(H,26,27,28)/t15-/m1/s1. The van der Waals surface area contributed by atoms with Gasteiger partial charge in [0.2, 0.25) is 11.9 Å². The normalized spacial score (nSPS) is 15.9.